The van der Waals surface area contributed by atoms with Crippen LogP contribution >= 0.6 is 58.2 Å². The molecule has 0 N–H and O–H groups in total. The first kappa shape index (κ1) is 9.12. The van der Waals surface area contributed by atoms with Gasteiger partial charge in [-0.3, -0.25) is 0 Å². The Hall–Kier alpha value is 0.550. The summed E-state index contributed by atoms with van der Waals surface area (Å²) in [7, 11) is 0. The van der Waals surface area contributed by atoms with Gasteiger partial charge in [0.25, 0.3) is 0 Å². The van der Waals surface area contributed by atoms with E-state index in [2.05, 4.69) is 41.3 Å². The highest BCUT2D eigenvalue weighted by Gasteiger charge is 2.05. The molecule has 1 aromatic heterocycles. The molecule has 1 heterocycles. The maximum atomic E-state index is 5.92. The van der Waals surface area contributed by atoms with Gasteiger partial charge in [-0.2, -0.15) is 0 Å². The molecule has 0 radical (unpaired) electrons. The van der Waals surface area contributed by atoms with E-state index >= 15 is 0 Å². The minimum atomic E-state index is 0.722. The van der Waals surface area contributed by atoms with E-state index < -0.39 is 0 Å². The van der Waals surface area contributed by atoms with Gasteiger partial charge in [-0.1, -0.05) is 11.6 Å². The van der Waals surface area contributed by atoms with E-state index in [0.29, 0.717) is 0 Å². The molecule has 2 aromatic rings. The van der Waals surface area contributed by atoms with E-state index in [1.54, 1.807) is 11.3 Å². The van der Waals surface area contributed by atoms with Crippen molar-refractivity contribution in [2.45, 2.75) is 4.90 Å². The van der Waals surface area contributed by atoms with E-state index in [0.717, 1.165) is 15.3 Å². The number of thiol groups is 1. The topological polar surface area (TPSA) is 0 Å². The summed E-state index contributed by atoms with van der Waals surface area (Å²) in [6, 6.07) is 6.03. The molecule has 0 saturated heterocycles. The van der Waals surface area contributed by atoms with Gasteiger partial charge in [-0.25, -0.2) is 0 Å². The normalized spacial score (nSPS) is 10.9. The van der Waals surface area contributed by atoms with Gasteiger partial charge in [0.05, 0.1) is 7.91 Å². The van der Waals surface area contributed by atoms with Crippen LogP contribution in [0.4, 0.5) is 0 Å². The lowest BCUT2D eigenvalue weighted by Crippen LogP contribution is -1.69. The lowest BCUT2D eigenvalue weighted by Gasteiger charge is -1.96. The van der Waals surface area contributed by atoms with Crippen LogP contribution in [0.1, 0.15) is 0 Å². The molecule has 0 atom stereocenters. The Labute approximate surface area is 98.5 Å². The van der Waals surface area contributed by atoms with Crippen LogP contribution in [-0.2, 0) is 0 Å². The molecule has 0 bridgehead atoms. The largest absolute Gasteiger partial charge is 0.141 e. The zero-order valence-electron chi connectivity index (χ0n) is 5.84. The second-order valence-corrected chi connectivity index (χ2v) is 6.19. The van der Waals surface area contributed by atoms with E-state index in [1.807, 2.05) is 12.1 Å². The van der Waals surface area contributed by atoms with Crippen LogP contribution in [0.3, 0.4) is 0 Å². The minimum absolute atomic E-state index is 0.722. The monoisotopic (exact) mass is 326 g/mol. The van der Waals surface area contributed by atoms with Gasteiger partial charge >= 0.3 is 0 Å². The first-order valence-corrected chi connectivity index (χ1v) is 5.97. The lowest BCUT2D eigenvalue weighted by atomic mass is 10.3. The highest BCUT2D eigenvalue weighted by molar-refractivity contribution is 14.1. The fourth-order valence-electron chi connectivity index (χ4n) is 1.04. The van der Waals surface area contributed by atoms with E-state index in [9.17, 15) is 0 Å². The fourth-order valence-corrected chi connectivity index (χ4v) is 3.36. The van der Waals surface area contributed by atoms with Crippen molar-refractivity contribution in [1.82, 2.24) is 0 Å². The van der Waals surface area contributed by atoms with Gasteiger partial charge in [0, 0.05) is 15.0 Å². The van der Waals surface area contributed by atoms with Crippen molar-refractivity contribution in [1.29, 1.82) is 0 Å². The van der Waals surface area contributed by atoms with Crippen LogP contribution in [0.2, 0.25) is 5.02 Å². The summed E-state index contributed by atoms with van der Waals surface area (Å²) in [5.74, 6) is 0. The van der Waals surface area contributed by atoms with Crippen molar-refractivity contribution in [3.63, 3.8) is 0 Å². The van der Waals surface area contributed by atoms with Crippen molar-refractivity contribution in [2.75, 3.05) is 0 Å². The van der Waals surface area contributed by atoms with Crippen molar-refractivity contribution < 1.29 is 0 Å². The molecule has 0 aliphatic carbocycles. The van der Waals surface area contributed by atoms with Crippen LogP contribution in [0.25, 0.3) is 10.1 Å². The smallest absolute Gasteiger partial charge is 0.0666 e. The van der Waals surface area contributed by atoms with Crippen LogP contribution in [0, 0.1) is 2.88 Å². The Morgan fingerprint density at radius 3 is 2.92 bits per heavy atom. The second-order valence-electron chi connectivity index (χ2n) is 2.36. The molecular weight excluding hydrogens is 323 g/mol. The number of benzene rings is 1. The van der Waals surface area contributed by atoms with Gasteiger partial charge in [-0.15, -0.1) is 24.0 Å². The molecule has 1 aromatic carbocycles. The summed E-state index contributed by atoms with van der Waals surface area (Å²) in [4.78, 5) is 0.883. The van der Waals surface area contributed by atoms with Gasteiger partial charge < -0.3 is 0 Å². The third kappa shape index (κ3) is 1.47. The summed E-state index contributed by atoms with van der Waals surface area (Å²) < 4.78 is 2.51. The average molecular weight is 327 g/mol. The molecular formula is C8H4ClIS2. The Kier molecular flexibility index (Phi) is 2.56. The quantitative estimate of drug-likeness (QED) is 0.537. The number of thiophene rings is 1. The van der Waals surface area contributed by atoms with Gasteiger partial charge in [-0.05, 0) is 40.8 Å². The summed E-state index contributed by atoms with van der Waals surface area (Å²) in [5.41, 5.74) is 0. The van der Waals surface area contributed by atoms with Crippen LogP contribution in [-0.4, -0.2) is 0 Å². The molecule has 0 spiro atoms. The lowest BCUT2D eigenvalue weighted by molar-refractivity contribution is 1.58. The molecule has 0 unspecified atom stereocenters. The standard InChI is InChI=1S/C8H4ClIS2/c9-5-1-2-6-4(8(5)11)3-7(10)12-6/h1-3,11H. The third-order valence-corrected chi connectivity index (χ3v) is 4.38. The number of hydrogen-bond donors (Lipinski definition) is 1. The number of rotatable bonds is 0. The zero-order chi connectivity index (χ0) is 8.72. The SMILES string of the molecule is Sc1c(Cl)ccc2sc(I)cc12. The number of hydrogen-bond acceptors (Lipinski definition) is 2. The summed E-state index contributed by atoms with van der Waals surface area (Å²) in [5, 5.41) is 1.88. The predicted octanol–water partition coefficient (Wildman–Crippen LogP) is 4.45. The van der Waals surface area contributed by atoms with Crippen molar-refractivity contribution in [3.8, 4) is 0 Å². The Balaban J connectivity index is 2.89. The summed E-state index contributed by atoms with van der Waals surface area (Å²) >= 11 is 14.3. The highest BCUT2D eigenvalue weighted by Crippen LogP contribution is 2.34. The molecule has 0 saturated carbocycles. The summed E-state index contributed by atoms with van der Waals surface area (Å²) in [6.45, 7) is 0. The zero-order valence-corrected chi connectivity index (χ0v) is 10.5. The minimum Gasteiger partial charge on any atom is -0.141 e. The highest BCUT2D eigenvalue weighted by atomic mass is 127. The molecule has 0 aliphatic rings. The molecule has 0 amide bonds. The molecule has 0 fully saturated rings. The Morgan fingerprint density at radius 1 is 1.42 bits per heavy atom. The van der Waals surface area contributed by atoms with Crippen molar-refractivity contribution in [3.05, 3.63) is 26.1 Å². The predicted molar refractivity (Wildman–Crippen MR) is 66.8 cm³/mol. The summed E-state index contributed by atoms with van der Waals surface area (Å²) in [6.07, 6.45) is 0. The third-order valence-electron chi connectivity index (χ3n) is 1.59. The van der Waals surface area contributed by atoms with E-state index in [4.69, 9.17) is 11.6 Å². The van der Waals surface area contributed by atoms with Crippen LogP contribution in [0.5, 0.6) is 0 Å². The van der Waals surface area contributed by atoms with Crippen molar-refractivity contribution in [2.24, 2.45) is 0 Å². The second kappa shape index (κ2) is 3.36. The van der Waals surface area contributed by atoms with E-state index in [1.165, 1.54) is 7.58 Å². The molecule has 0 nitrogen and oxygen atoms in total. The molecule has 2 rings (SSSR count). The van der Waals surface area contributed by atoms with Gasteiger partial charge in [0.2, 0.25) is 0 Å². The van der Waals surface area contributed by atoms with Crippen LogP contribution in [0.15, 0.2) is 23.1 Å². The average Bonchev–Trinajstić information content (AvgIpc) is 2.39. The maximum absolute atomic E-state index is 5.92. The Bertz CT molecular complexity index is 436. The number of fused-ring (bicyclic) bond motifs is 1. The molecule has 4 heteroatoms. The van der Waals surface area contributed by atoms with Crippen molar-refractivity contribution >= 4 is 68.2 Å². The van der Waals surface area contributed by atoms with Gasteiger partial charge in [0.15, 0.2) is 0 Å². The van der Waals surface area contributed by atoms with Gasteiger partial charge in [0.1, 0.15) is 0 Å². The maximum Gasteiger partial charge on any atom is 0.0666 e. The molecule has 12 heavy (non-hydrogen) atoms. The Morgan fingerprint density at radius 2 is 2.17 bits per heavy atom. The molecule has 0 aliphatic heterocycles. The van der Waals surface area contributed by atoms with E-state index in [-0.39, 0.29) is 0 Å². The van der Waals surface area contributed by atoms with Crippen LogP contribution < -0.4 is 0 Å². The molecule has 62 valence electrons. The fraction of sp³-hybridized carbons (Fsp3) is 0. The first-order valence-electron chi connectivity index (χ1n) is 3.25. The number of halogens is 2. The first-order chi connectivity index (χ1) is 5.68.